The van der Waals surface area contributed by atoms with Crippen LogP contribution in [0.5, 0.6) is 11.5 Å². The van der Waals surface area contributed by atoms with Gasteiger partial charge in [-0.1, -0.05) is 31.7 Å². The zero-order chi connectivity index (χ0) is 29.7. The fraction of sp³-hybridized carbons (Fsp3) is 0.667. The number of amides is 3. The van der Waals surface area contributed by atoms with Gasteiger partial charge in [0.25, 0.3) is 0 Å². The first-order valence-corrected chi connectivity index (χ1v) is 15.0. The molecule has 0 bridgehead atoms. The molecule has 1 aliphatic carbocycles. The highest BCUT2D eigenvalue weighted by molar-refractivity contribution is 5.98. The molecular weight excluding hydrogens is 544 g/mol. The number of ether oxygens (including phenoxy) is 4. The average Bonchev–Trinajstić information content (AvgIpc) is 3.32. The second-order valence-electron chi connectivity index (χ2n) is 12.0. The summed E-state index contributed by atoms with van der Waals surface area (Å²) in [5.74, 6) is 0.0780. The molecule has 4 N–H and O–H groups in total. The maximum atomic E-state index is 13.8. The number of morpholine rings is 1. The molecule has 4 aliphatic rings. The summed E-state index contributed by atoms with van der Waals surface area (Å²) in [5.41, 5.74) is -0.141. The Balaban J connectivity index is 1.27. The second-order valence-corrected chi connectivity index (χ2v) is 12.0. The van der Waals surface area contributed by atoms with Gasteiger partial charge in [0.05, 0.1) is 31.8 Å². The van der Waals surface area contributed by atoms with E-state index in [4.69, 9.17) is 18.9 Å². The molecular formula is C30H42N4O8. The molecule has 3 fully saturated rings. The smallest absolute Gasteiger partial charge is 0.243 e. The summed E-state index contributed by atoms with van der Waals surface area (Å²) in [4.78, 5) is 53.0. The fourth-order valence-electron chi connectivity index (χ4n) is 5.84. The molecule has 3 amide bonds. The average molecular weight is 587 g/mol. The van der Waals surface area contributed by atoms with Crippen molar-refractivity contribution in [2.75, 3.05) is 33.1 Å². The molecule has 1 aromatic rings. The standard InChI is InChI=1S/C30H42N4O8/c1-18(32-26(35)14-21-15-31-9-10-39-21)28(37)34-23(12-20-7-8-24-25(13-20)41-17-40-24)29(38)33-22(11-19-5-3-4-6-19)27(36)30(2)16-42-30/h7-8,13,18-19,21-23,31H,3-6,9-12,14-17H2,1-2H3,(H,32,35)(H,33,38)(H,34,37)/t18-,21?,22-,23-,30+/m0/s1. The normalized spacial score (nSPS) is 25.2. The van der Waals surface area contributed by atoms with Crippen molar-refractivity contribution in [3.05, 3.63) is 23.8 Å². The Morgan fingerprint density at radius 2 is 1.76 bits per heavy atom. The minimum Gasteiger partial charge on any atom is -0.454 e. The number of benzene rings is 1. The van der Waals surface area contributed by atoms with E-state index < -0.39 is 35.5 Å². The third-order valence-electron chi connectivity index (χ3n) is 8.47. The van der Waals surface area contributed by atoms with Crippen LogP contribution in [0, 0.1) is 5.92 Å². The minimum atomic E-state index is -1.00. The molecule has 5 atom stereocenters. The maximum absolute atomic E-state index is 13.8. The van der Waals surface area contributed by atoms with Crippen LogP contribution in [0.2, 0.25) is 0 Å². The number of nitrogens with one attached hydrogen (secondary N) is 4. The Bertz CT molecular complexity index is 1160. The number of epoxide rings is 1. The highest BCUT2D eigenvalue weighted by atomic mass is 16.7. The molecule has 1 unspecified atom stereocenters. The van der Waals surface area contributed by atoms with E-state index in [0.29, 0.717) is 43.6 Å². The lowest BCUT2D eigenvalue weighted by Gasteiger charge is -2.27. The van der Waals surface area contributed by atoms with E-state index in [2.05, 4.69) is 21.3 Å². The molecule has 0 aromatic heterocycles. The molecule has 1 saturated carbocycles. The first kappa shape index (κ1) is 30.2. The van der Waals surface area contributed by atoms with Crippen LogP contribution in [0.3, 0.4) is 0 Å². The van der Waals surface area contributed by atoms with Gasteiger partial charge in [-0.25, -0.2) is 0 Å². The molecule has 3 aliphatic heterocycles. The van der Waals surface area contributed by atoms with E-state index in [1.807, 2.05) is 6.07 Å². The summed E-state index contributed by atoms with van der Waals surface area (Å²) in [5, 5.41) is 11.6. The van der Waals surface area contributed by atoms with Crippen molar-refractivity contribution in [1.82, 2.24) is 21.3 Å². The van der Waals surface area contributed by atoms with Crippen LogP contribution in [0.15, 0.2) is 18.2 Å². The summed E-state index contributed by atoms with van der Waals surface area (Å²) in [6, 6.07) is 2.73. The zero-order valence-electron chi connectivity index (χ0n) is 24.4. The van der Waals surface area contributed by atoms with E-state index in [0.717, 1.165) is 37.8 Å². The quantitative estimate of drug-likeness (QED) is 0.245. The number of carbonyl (C=O) groups excluding carboxylic acids is 4. The zero-order valence-corrected chi connectivity index (χ0v) is 24.4. The van der Waals surface area contributed by atoms with Crippen molar-refractivity contribution in [3.8, 4) is 11.5 Å². The molecule has 42 heavy (non-hydrogen) atoms. The van der Waals surface area contributed by atoms with Gasteiger partial charge in [-0.3, -0.25) is 19.2 Å². The Morgan fingerprint density at radius 1 is 1.02 bits per heavy atom. The van der Waals surface area contributed by atoms with Crippen molar-refractivity contribution >= 4 is 23.5 Å². The first-order valence-electron chi connectivity index (χ1n) is 15.0. The third kappa shape index (κ3) is 7.78. The number of carbonyl (C=O) groups is 4. The van der Waals surface area contributed by atoms with Crippen molar-refractivity contribution in [2.24, 2.45) is 5.92 Å². The van der Waals surface area contributed by atoms with Gasteiger partial charge in [0.15, 0.2) is 17.3 Å². The monoisotopic (exact) mass is 586 g/mol. The molecule has 2 saturated heterocycles. The van der Waals surface area contributed by atoms with E-state index in [-0.39, 0.29) is 37.4 Å². The number of hydrogen-bond acceptors (Lipinski definition) is 9. The summed E-state index contributed by atoms with van der Waals surface area (Å²) >= 11 is 0. The van der Waals surface area contributed by atoms with Crippen molar-refractivity contribution in [3.63, 3.8) is 0 Å². The van der Waals surface area contributed by atoms with Crippen LogP contribution in [-0.2, 0) is 35.1 Å². The summed E-state index contributed by atoms with van der Waals surface area (Å²) in [6.45, 7) is 5.60. The number of hydrogen-bond donors (Lipinski definition) is 4. The Morgan fingerprint density at radius 3 is 2.48 bits per heavy atom. The van der Waals surface area contributed by atoms with Gasteiger partial charge >= 0.3 is 0 Å². The van der Waals surface area contributed by atoms with Crippen molar-refractivity contribution in [2.45, 2.75) is 88.6 Å². The fourth-order valence-corrected chi connectivity index (χ4v) is 5.84. The topological polar surface area (TPSA) is 157 Å². The predicted octanol–water partition coefficient (Wildman–Crippen LogP) is 0.749. The van der Waals surface area contributed by atoms with Crippen LogP contribution >= 0.6 is 0 Å². The van der Waals surface area contributed by atoms with E-state index in [1.165, 1.54) is 0 Å². The number of ketones is 1. The van der Waals surface area contributed by atoms with Crippen LogP contribution < -0.4 is 30.7 Å². The van der Waals surface area contributed by atoms with Crippen molar-refractivity contribution < 1.29 is 38.1 Å². The summed E-state index contributed by atoms with van der Waals surface area (Å²) < 4.78 is 21.9. The number of fused-ring (bicyclic) bond motifs is 1. The molecule has 12 heteroatoms. The Kier molecular flexibility index (Phi) is 9.64. The van der Waals surface area contributed by atoms with Gasteiger partial charge in [0.1, 0.15) is 17.7 Å². The van der Waals surface area contributed by atoms with Gasteiger partial charge in [-0.2, -0.15) is 0 Å². The molecule has 5 rings (SSSR count). The maximum Gasteiger partial charge on any atom is 0.243 e. The van der Waals surface area contributed by atoms with E-state index in [1.54, 1.807) is 26.0 Å². The Labute approximate surface area is 245 Å². The van der Waals surface area contributed by atoms with Crippen LogP contribution in [0.4, 0.5) is 0 Å². The van der Waals surface area contributed by atoms with Gasteiger partial charge in [0.2, 0.25) is 24.5 Å². The lowest BCUT2D eigenvalue weighted by molar-refractivity contribution is -0.134. The molecule has 3 heterocycles. The molecule has 1 aromatic carbocycles. The summed E-state index contributed by atoms with van der Waals surface area (Å²) in [7, 11) is 0. The van der Waals surface area contributed by atoms with Gasteiger partial charge in [-0.15, -0.1) is 0 Å². The van der Waals surface area contributed by atoms with Gasteiger partial charge in [0, 0.05) is 19.5 Å². The largest absolute Gasteiger partial charge is 0.454 e. The highest BCUT2D eigenvalue weighted by Crippen LogP contribution is 2.34. The molecule has 0 spiro atoms. The molecule has 230 valence electrons. The lowest BCUT2D eigenvalue weighted by atomic mass is 9.90. The Hall–Kier alpha value is -3.22. The predicted molar refractivity (Wildman–Crippen MR) is 151 cm³/mol. The highest BCUT2D eigenvalue weighted by Gasteiger charge is 2.50. The van der Waals surface area contributed by atoms with Gasteiger partial charge in [-0.05, 0) is 43.9 Å². The van der Waals surface area contributed by atoms with Crippen LogP contribution in [0.1, 0.15) is 57.9 Å². The van der Waals surface area contributed by atoms with Crippen molar-refractivity contribution in [1.29, 1.82) is 0 Å². The lowest BCUT2D eigenvalue weighted by Crippen LogP contribution is -2.57. The molecule has 12 nitrogen and oxygen atoms in total. The SMILES string of the molecule is C[C@H](NC(=O)CC1CNCCO1)C(=O)N[C@@H](Cc1ccc2c(c1)OCO2)C(=O)N[C@@H](CC1CCCC1)C(=O)[C@@]1(C)CO1. The molecule has 0 radical (unpaired) electrons. The van der Waals surface area contributed by atoms with E-state index >= 15 is 0 Å². The third-order valence-corrected chi connectivity index (χ3v) is 8.47. The van der Waals surface area contributed by atoms with E-state index in [9.17, 15) is 19.2 Å². The summed E-state index contributed by atoms with van der Waals surface area (Å²) in [6.07, 6.45) is 4.82. The first-order chi connectivity index (χ1) is 20.2. The number of Topliss-reactive ketones (excluding diaryl/α,β-unsaturated/α-hetero) is 1. The van der Waals surface area contributed by atoms with Crippen LogP contribution in [0.25, 0.3) is 0 Å². The number of rotatable bonds is 13. The minimum absolute atomic E-state index is 0.115. The van der Waals surface area contributed by atoms with Crippen LogP contribution in [-0.4, -0.2) is 86.4 Å². The van der Waals surface area contributed by atoms with Gasteiger partial charge < -0.3 is 40.2 Å². The second kappa shape index (κ2) is 13.4.